The molecule has 2 aliphatic rings. The minimum Gasteiger partial charge on any atom is -0.452 e. The second-order valence-corrected chi connectivity index (χ2v) is 5.26. The van der Waals surface area contributed by atoms with Crippen LogP contribution in [0.3, 0.4) is 0 Å². The number of fused-ring (bicyclic) bond motifs is 2. The van der Waals surface area contributed by atoms with Crippen molar-refractivity contribution in [1.29, 1.82) is 0 Å². The number of para-hydroxylation sites is 2. The van der Waals surface area contributed by atoms with E-state index in [1.165, 1.54) is 0 Å². The maximum atomic E-state index is 6.20. The van der Waals surface area contributed by atoms with Crippen molar-refractivity contribution in [1.82, 2.24) is 5.32 Å². The van der Waals surface area contributed by atoms with Crippen LogP contribution in [0.1, 0.15) is 5.56 Å². The zero-order valence-electron chi connectivity index (χ0n) is 11.7. The molecule has 1 saturated heterocycles. The van der Waals surface area contributed by atoms with Gasteiger partial charge in [0.15, 0.2) is 5.75 Å². The lowest BCUT2D eigenvalue weighted by Crippen LogP contribution is -2.43. The molecule has 106 valence electrons. The fraction of sp³-hybridized carbons (Fsp3) is 0.235. The van der Waals surface area contributed by atoms with Gasteiger partial charge in [0.25, 0.3) is 0 Å². The molecule has 4 rings (SSSR count). The van der Waals surface area contributed by atoms with Crippen LogP contribution < -0.4 is 15.0 Å². The van der Waals surface area contributed by atoms with Gasteiger partial charge in [-0.05, 0) is 24.3 Å². The number of nitrogens with one attached hydrogen (secondary N) is 1. The van der Waals surface area contributed by atoms with Crippen LogP contribution in [-0.4, -0.2) is 32.4 Å². The first-order valence-electron chi connectivity index (χ1n) is 7.31. The van der Waals surface area contributed by atoms with Crippen LogP contribution in [0.2, 0.25) is 0 Å². The quantitative estimate of drug-likeness (QED) is 0.744. The van der Waals surface area contributed by atoms with E-state index in [0.29, 0.717) is 0 Å². The number of hydrogen-bond acceptors (Lipinski definition) is 4. The van der Waals surface area contributed by atoms with Crippen LogP contribution in [-0.2, 0) is 0 Å². The molecule has 0 unspecified atom stereocenters. The van der Waals surface area contributed by atoms with Crippen molar-refractivity contribution in [3.8, 4) is 11.5 Å². The van der Waals surface area contributed by atoms with Gasteiger partial charge < -0.3 is 15.0 Å². The van der Waals surface area contributed by atoms with Crippen molar-refractivity contribution in [3.63, 3.8) is 0 Å². The Kier molecular flexibility index (Phi) is 3.09. The Morgan fingerprint density at radius 3 is 2.76 bits per heavy atom. The van der Waals surface area contributed by atoms with E-state index in [0.717, 1.165) is 54.6 Å². The molecule has 0 aliphatic carbocycles. The summed E-state index contributed by atoms with van der Waals surface area (Å²) in [6.07, 6.45) is 1.88. The van der Waals surface area contributed by atoms with E-state index >= 15 is 0 Å². The van der Waals surface area contributed by atoms with Crippen LogP contribution in [0.4, 0.5) is 11.4 Å². The number of hydrogen-bond donors (Lipinski definition) is 1. The van der Waals surface area contributed by atoms with E-state index in [1.807, 2.05) is 42.6 Å². The predicted molar refractivity (Wildman–Crippen MR) is 85.3 cm³/mol. The van der Waals surface area contributed by atoms with Gasteiger partial charge in [0.05, 0.1) is 5.69 Å². The maximum absolute atomic E-state index is 6.20. The molecule has 0 atom stereocenters. The summed E-state index contributed by atoms with van der Waals surface area (Å²) in [5.74, 6) is 1.73. The lowest BCUT2D eigenvalue weighted by atomic mass is 10.2. The third-order valence-electron chi connectivity index (χ3n) is 3.90. The molecule has 4 heteroatoms. The Bertz CT molecular complexity index is 690. The Morgan fingerprint density at radius 2 is 1.86 bits per heavy atom. The van der Waals surface area contributed by atoms with Gasteiger partial charge in [0.1, 0.15) is 11.4 Å². The molecule has 0 spiro atoms. The number of piperazine rings is 1. The Hall–Kier alpha value is -2.33. The molecule has 21 heavy (non-hydrogen) atoms. The van der Waals surface area contributed by atoms with Crippen LogP contribution in [0.5, 0.6) is 11.5 Å². The van der Waals surface area contributed by atoms with Gasteiger partial charge in [-0.3, -0.25) is 4.99 Å². The lowest BCUT2D eigenvalue weighted by Gasteiger charge is -2.31. The summed E-state index contributed by atoms with van der Waals surface area (Å²) in [4.78, 5) is 6.95. The SMILES string of the molecule is C1=Nc2cccc(N3CCNCC3)c2Oc2ccccc21. The molecule has 1 N–H and O–H groups in total. The van der Waals surface area contributed by atoms with E-state index in [4.69, 9.17) is 4.74 Å². The molecule has 1 fully saturated rings. The highest BCUT2D eigenvalue weighted by Crippen LogP contribution is 2.43. The van der Waals surface area contributed by atoms with E-state index in [1.54, 1.807) is 0 Å². The average molecular weight is 279 g/mol. The van der Waals surface area contributed by atoms with Gasteiger partial charge >= 0.3 is 0 Å². The molecular formula is C17H17N3O. The van der Waals surface area contributed by atoms with Crippen molar-refractivity contribution in [3.05, 3.63) is 48.0 Å². The van der Waals surface area contributed by atoms with Crippen LogP contribution >= 0.6 is 0 Å². The van der Waals surface area contributed by atoms with Crippen LogP contribution in [0.25, 0.3) is 0 Å². The van der Waals surface area contributed by atoms with Crippen molar-refractivity contribution < 1.29 is 4.74 Å². The van der Waals surface area contributed by atoms with Gasteiger partial charge in [0, 0.05) is 38.0 Å². The monoisotopic (exact) mass is 279 g/mol. The average Bonchev–Trinajstić information content (AvgIpc) is 2.74. The zero-order chi connectivity index (χ0) is 14.1. The van der Waals surface area contributed by atoms with Crippen molar-refractivity contribution in [2.24, 2.45) is 4.99 Å². The number of aliphatic imine (C=N–C) groups is 1. The third-order valence-corrected chi connectivity index (χ3v) is 3.90. The fourth-order valence-electron chi connectivity index (χ4n) is 2.80. The van der Waals surface area contributed by atoms with E-state index in [2.05, 4.69) is 21.3 Å². The molecule has 0 aromatic heterocycles. The first-order chi connectivity index (χ1) is 10.4. The normalized spacial score (nSPS) is 16.7. The number of rotatable bonds is 1. The molecule has 2 aromatic carbocycles. The summed E-state index contributed by atoms with van der Waals surface area (Å²) in [5.41, 5.74) is 3.03. The molecule has 2 heterocycles. The van der Waals surface area contributed by atoms with Gasteiger partial charge in [-0.1, -0.05) is 18.2 Å². The van der Waals surface area contributed by atoms with Gasteiger partial charge in [-0.15, -0.1) is 0 Å². The smallest absolute Gasteiger partial charge is 0.176 e. The minimum absolute atomic E-state index is 0.862. The first kappa shape index (κ1) is 12.4. The summed E-state index contributed by atoms with van der Waals surface area (Å²) in [7, 11) is 0. The highest BCUT2D eigenvalue weighted by Gasteiger charge is 2.20. The number of nitrogens with zero attached hydrogens (tertiary/aromatic N) is 2. The molecule has 0 bridgehead atoms. The minimum atomic E-state index is 0.862. The van der Waals surface area contributed by atoms with Crippen molar-refractivity contribution in [2.75, 3.05) is 31.1 Å². The second kappa shape index (κ2) is 5.22. The summed E-state index contributed by atoms with van der Waals surface area (Å²) in [6, 6.07) is 14.2. The van der Waals surface area contributed by atoms with Crippen molar-refractivity contribution >= 4 is 17.6 Å². The van der Waals surface area contributed by atoms with E-state index in [9.17, 15) is 0 Å². The summed E-state index contributed by atoms with van der Waals surface area (Å²) < 4.78 is 6.20. The summed E-state index contributed by atoms with van der Waals surface area (Å²) >= 11 is 0. The standard InChI is InChI=1S/C17H17N3O/c1-2-7-16-13(4-1)12-19-14-5-3-6-15(17(14)21-16)20-10-8-18-9-11-20/h1-7,12,18H,8-11H2. The Balaban J connectivity index is 1.79. The first-order valence-corrected chi connectivity index (χ1v) is 7.31. The van der Waals surface area contributed by atoms with Gasteiger partial charge in [-0.25, -0.2) is 0 Å². The largest absolute Gasteiger partial charge is 0.452 e. The molecule has 2 aromatic rings. The molecule has 0 amide bonds. The number of benzene rings is 2. The van der Waals surface area contributed by atoms with Crippen molar-refractivity contribution in [2.45, 2.75) is 0 Å². The topological polar surface area (TPSA) is 36.9 Å². The summed E-state index contributed by atoms with van der Waals surface area (Å²) in [6.45, 7) is 3.99. The molecule has 4 nitrogen and oxygen atoms in total. The van der Waals surface area contributed by atoms with Gasteiger partial charge in [-0.2, -0.15) is 0 Å². The van der Waals surface area contributed by atoms with E-state index in [-0.39, 0.29) is 0 Å². The molecular weight excluding hydrogens is 262 g/mol. The summed E-state index contributed by atoms with van der Waals surface area (Å²) in [5, 5.41) is 3.38. The number of anilines is 1. The Morgan fingerprint density at radius 1 is 1.00 bits per heavy atom. The van der Waals surface area contributed by atoms with Crippen LogP contribution in [0.15, 0.2) is 47.5 Å². The predicted octanol–water partition coefficient (Wildman–Crippen LogP) is 2.95. The second-order valence-electron chi connectivity index (χ2n) is 5.26. The maximum Gasteiger partial charge on any atom is 0.176 e. The molecule has 0 radical (unpaired) electrons. The highest BCUT2D eigenvalue weighted by atomic mass is 16.5. The fourth-order valence-corrected chi connectivity index (χ4v) is 2.80. The Labute approximate surface area is 124 Å². The highest BCUT2D eigenvalue weighted by molar-refractivity contribution is 5.89. The third kappa shape index (κ3) is 2.28. The molecule has 2 aliphatic heterocycles. The molecule has 0 saturated carbocycles. The number of ether oxygens (including phenoxy) is 1. The van der Waals surface area contributed by atoms with E-state index < -0.39 is 0 Å². The zero-order valence-corrected chi connectivity index (χ0v) is 11.7. The van der Waals surface area contributed by atoms with Gasteiger partial charge in [0.2, 0.25) is 0 Å². The lowest BCUT2D eigenvalue weighted by molar-refractivity contribution is 0.480. The van der Waals surface area contributed by atoms with Crippen LogP contribution in [0, 0.1) is 0 Å².